The molecule has 0 saturated carbocycles. The van der Waals surface area contributed by atoms with Gasteiger partial charge in [-0.15, -0.1) is 11.3 Å². The third-order valence-corrected chi connectivity index (χ3v) is 8.06. The Kier molecular flexibility index (Phi) is 6.90. The number of aromatic nitrogens is 3. The van der Waals surface area contributed by atoms with Crippen LogP contribution < -0.4 is 5.32 Å². The van der Waals surface area contributed by atoms with E-state index in [2.05, 4.69) is 20.3 Å². The molecule has 0 spiro atoms. The second-order valence-electron chi connectivity index (χ2n) is 8.24. The molecule has 0 bridgehead atoms. The number of nitrogens with zero attached hydrogens (tertiary/aromatic N) is 5. The van der Waals surface area contributed by atoms with Crippen LogP contribution in [-0.4, -0.2) is 71.1 Å². The van der Waals surface area contributed by atoms with Crippen molar-refractivity contribution in [1.82, 2.24) is 24.2 Å². The van der Waals surface area contributed by atoms with Gasteiger partial charge in [0, 0.05) is 19.1 Å². The lowest BCUT2D eigenvalue weighted by molar-refractivity contribution is -0.140. The number of rotatable bonds is 6. The molecule has 0 unspecified atom stereocenters. The van der Waals surface area contributed by atoms with Crippen LogP contribution >= 0.6 is 11.3 Å². The quantitative estimate of drug-likeness (QED) is 0.600. The number of hydrogen-bond donors (Lipinski definition) is 1. The van der Waals surface area contributed by atoms with Gasteiger partial charge in [0.25, 0.3) is 0 Å². The van der Waals surface area contributed by atoms with Gasteiger partial charge in [-0.1, -0.05) is 0 Å². The molecule has 0 atom stereocenters. The summed E-state index contributed by atoms with van der Waals surface area (Å²) in [6.45, 7) is 2.48. The standard InChI is InChI=1S/C19H24F4N6O2S2/c1-33(30,31)29-8-4-12(5-9-29)25-18-24-10-13(20)15(27-18)16-17(19(21,22)23)26-14(32-16)11-28-6-2-3-7-28/h10,12H,2-9,11H2,1H3,(H,24,25,27). The number of halogens is 4. The molecule has 1 N–H and O–H groups in total. The summed E-state index contributed by atoms with van der Waals surface area (Å²) in [5, 5.41) is 3.26. The van der Waals surface area contributed by atoms with Crippen molar-refractivity contribution < 1.29 is 26.0 Å². The molecule has 33 heavy (non-hydrogen) atoms. The van der Waals surface area contributed by atoms with Crippen LogP contribution in [0.3, 0.4) is 0 Å². The van der Waals surface area contributed by atoms with Gasteiger partial charge in [-0.05, 0) is 38.8 Å². The van der Waals surface area contributed by atoms with E-state index in [9.17, 15) is 26.0 Å². The molecule has 2 aromatic heterocycles. The van der Waals surface area contributed by atoms with Crippen LogP contribution in [0.2, 0.25) is 0 Å². The Labute approximate surface area is 193 Å². The number of hydrogen-bond acceptors (Lipinski definition) is 8. The number of anilines is 1. The molecule has 2 saturated heterocycles. The molecular weight excluding hydrogens is 484 g/mol. The molecule has 0 aromatic carbocycles. The topological polar surface area (TPSA) is 91.3 Å². The van der Waals surface area contributed by atoms with Gasteiger partial charge in [0.2, 0.25) is 16.0 Å². The van der Waals surface area contributed by atoms with Crippen LogP contribution in [0.15, 0.2) is 6.20 Å². The molecule has 0 amide bonds. The number of piperidine rings is 1. The number of nitrogens with one attached hydrogen (secondary N) is 1. The van der Waals surface area contributed by atoms with Crippen molar-refractivity contribution >= 4 is 27.3 Å². The van der Waals surface area contributed by atoms with E-state index in [1.807, 2.05) is 4.90 Å². The highest BCUT2D eigenvalue weighted by Crippen LogP contribution is 2.41. The number of likely N-dealkylation sites (tertiary alicyclic amines) is 1. The van der Waals surface area contributed by atoms with Gasteiger partial charge >= 0.3 is 6.18 Å². The summed E-state index contributed by atoms with van der Waals surface area (Å²) in [6, 6.07) is -0.185. The summed E-state index contributed by atoms with van der Waals surface area (Å²) in [6.07, 6.45) is 0.150. The van der Waals surface area contributed by atoms with Crippen molar-refractivity contribution in [3.05, 3.63) is 22.7 Å². The second kappa shape index (κ2) is 9.39. The van der Waals surface area contributed by atoms with Crippen LogP contribution in [0.1, 0.15) is 36.4 Å². The van der Waals surface area contributed by atoms with Crippen LogP contribution in [0.5, 0.6) is 0 Å². The lowest BCUT2D eigenvalue weighted by Gasteiger charge is -2.30. The van der Waals surface area contributed by atoms with Crippen LogP contribution in [-0.2, 0) is 22.7 Å². The molecule has 2 fully saturated rings. The maximum Gasteiger partial charge on any atom is 0.434 e. The first-order valence-corrected chi connectivity index (χ1v) is 13.2. The average molecular weight is 509 g/mol. The summed E-state index contributed by atoms with van der Waals surface area (Å²) in [4.78, 5) is 13.4. The highest BCUT2D eigenvalue weighted by molar-refractivity contribution is 7.88. The van der Waals surface area contributed by atoms with E-state index in [1.54, 1.807) is 0 Å². The van der Waals surface area contributed by atoms with Crippen molar-refractivity contribution in [3.63, 3.8) is 0 Å². The molecular formula is C19H24F4N6O2S2. The number of sulfonamides is 1. The third kappa shape index (κ3) is 5.78. The predicted octanol–water partition coefficient (Wildman–Crippen LogP) is 3.19. The second-order valence-corrected chi connectivity index (χ2v) is 11.3. The molecule has 4 rings (SSSR count). The van der Waals surface area contributed by atoms with E-state index in [0.717, 1.165) is 49.7 Å². The molecule has 4 heterocycles. The van der Waals surface area contributed by atoms with E-state index in [0.29, 0.717) is 25.9 Å². The zero-order chi connectivity index (χ0) is 23.8. The van der Waals surface area contributed by atoms with E-state index >= 15 is 0 Å². The number of thiazole rings is 1. The summed E-state index contributed by atoms with van der Waals surface area (Å²) in [5.41, 5.74) is -1.59. The van der Waals surface area contributed by atoms with Crippen molar-refractivity contribution in [3.8, 4) is 10.6 Å². The van der Waals surface area contributed by atoms with Gasteiger partial charge in [-0.25, -0.2) is 32.1 Å². The first-order chi connectivity index (χ1) is 15.5. The van der Waals surface area contributed by atoms with Crippen LogP contribution in [0.4, 0.5) is 23.5 Å². The van der Waals surface area contributed by atoms with Crippen molar-refractivity contribution in [2.75, 3.05) is 37.8 Å². The normalized spacial score (nSPS) is 19.3. The first kappa shape index (κ1) is 24.2. The van der Waals surface area contributed by atoms with E-state index < -0.39 is 33.4 Å². The van der Waals surface area contributed by atoms with Crippen molar-refractivity contribution in [1.29, 1.82) is 0 Å². The smallest absolute Gasteiger partial charge is 0.351 e. The molecule has 2 aromatic rings. The van der Waals surface area contributed by atoms with Gasteiger partial charge in [0.1, 0.15) is 10.7 Å². The van der Waals surface area contributed by atoms with Gasteiger partial charge in [-0.2, -0.15) is 13.2 Å². The minimum absolute atomic E-state index is 0.00757. The average Bonchev–Trinajstić information content (AvgIpc) is 3.39. The van der Waals surface area contributed by atoms with Gasteiger partial charge < -0.3 is 5.32 Å². The fourth-order valence-electron chi connectivity index (χ4n) is 4.03. The van der Waals surface area contributed by atoms with E-state index in [-0.39, 0.29) is 28.4 Å². The largest absolute Gasteiger partial charge is 0.434 e. The Hall–Kier alpha value is -1.90. The SMILES string of the molecule is CS(=O)(=O)N1CCC(Nc2ncc(F)c(-c3sc(CN4CCCC4)nc3C(F)(F)F)n2)CC1. The predicted molar refractivity (Wildman–Crippen MR) is 116 cm³/mol. The summed E-state index contributed by atoms with van der Waals surface area (Å²) < 4.78 is 80.3. The lowest BCUT2D eigenvalue weighted by Crippen LogP contribution is -2.42. The van der Waals surface area contributed by atoms with Gasteiger partial charge in [0.15, 0.2) is 11.5 Å². The van der Waals surface area contributed by atoms with E-state index in [4.69, 9.17) is 0 Å². The highest BCUT2D eigenvalue weighted by Gasteiger charge is 2.39. The molecule has 0 radical (unpaired) electrons. The fourth-order valence-corrected chi connectivity index (χ4v) is 6.02. The zero-order valence-corrected chi connectivity index (χ0v) is 19.5. The Morgan fingerprint density at radius 1 is 1.15 bits per heavy atom. The maximum atomic E-state index is 14.6. The minimum Gasteiger partial charge on any atom is -0.351 e. The summed E-state index contributed by atoms with van der Waals surface area (Å²) in [5.74, 6) is -0.971. The lowest BCUT2D eigenvalue weighted by atomic mass is 10.1. The first-order valence-electron chi connectivity index (χ1n) is 10.5. The molecule has 14 heteroatoms. The minimum atomic E-state index is -4.75. The molecule has 2 aliphatic rings. The molecule has 2 aliphatic heterocycles. The van der Waals surface area contributed by atoms with Crippen LogP contribution in [0, 0.1) is 5.82 Å². The molecule has 0 aliphatic carbocycles. The highest BCUT2D eigenvalue weighted by atomic mass is 32.2. The number of alkyl halides is 3. The molecule has 182 valence electrons. The van der Waals surface area contributed by atoms with Crippen LogP contribution in [0.25, 0.3) is 10.6 Å². The Morgan fingerprint density at radius 3 is 2.42 bits per heavy atom. The van der Waals surface area contributed by atoms with Gasteiger partial charge in [0.05, 0.1) is 23.9 Å². The maximum absolute atomic E-state index is 14.6. The monoisotopic (exact) mass is 508 g/mol. The summed E-state index contributed by atoms with van der Waals surface area (Å²) >= 11 is 0.794. The fraction of sp³-hybridized carbons (Fsp3) is 0.632. The van der Waals surface area contributed by atoms with Crippen molar-refractivity contribution in [2.45, 2.75) is 44.4 Å². The van der Waals surface area contributed by atoms with Gasteiger partial charge in [-0.3, -0.25) is 4.90 Å². The van der Waals surface area contributed by atoms with Crippen molar-refractivity contribution in [2.24, 2.45) is 0 Å². The Balaban J connectivity index is 1.56. The Bertz CT molecular complexity index is 1090. The Morgan fingerprint density at radius 2 is 1.82 bits per heavy atom. The summed E-state index contributed by atoms with van der Waals surface area (Å²) in [7, 11) is -3.29. The zero-order valence-electron chi connectivity index (χ0n) is 17.9. The molecule has 8 nitrogen and oxygen atoms in total. The van der Waals surface area contributed by atoms with E-state index in [1.165, 1.54) is 4.31 Å². The third-order valence-electron chi connectivity index (χ3n) is 5.71.